The third kappa shape index (κ3) is 3.11. The molecule has 110 valence electrons. The summed E-state index contributed by atoms with van der Waals surface area (Å²) in [6.45, 7) is 4.01. The van der Waals surface area contributed by atoms with Crippen LogP contribution in [0.4, 0.5) is 5.69 Å². The van der Waals surface area contributed by atoms with E-state index >= 15 is 0 Å². The summed E-state index contributed by atoms with van der Waals surface area (Å²) in [6, 6.07) is 5.87. The van der Waals surface area contributed by atoms with Gasteiger partial charge >= 0.3 is 0 Å². The minimum atomic E-state index is 0.0805. The van der Waals surface area contributed by atoms with Crippen molar-refractivity contribution in [2.24, 2.45) is 5.84 Å². The molecule has 0 aliphatic carbocycles. The van der Waals surface area contributed by atoms with Gasteiger partial charge < -0.3 is 15.2 Å². The second kappa shape index (κ2) is 6.24. The highest BCUT2D eigenvalue weighted by atomic mass is 16.2. The fourth-order valence-electron chi connectivity index (χ4n) is 2.78. The van der Waals surface area contributed by atoms with Gasteiger partial charge in [-0.1, -0.05) is 0 Å². The van der Waals surface area contributed by atoms with Crippen molar-refractivity contribution in [3.63, 3.8) is 0 Å². The molecular weight excluding hydrogens is 252 g/mol. The van der Waals surface area contributed by atoms with Gasteiger partial charge in [-0.15, -0.1) is 0 Å². The van der Waals surface area contributed by atoms with Crippen LogP contribution in [0.2, 0.25) is 0 Å². The van der Waals surface area contributed by atoms with Gasteiger partial charge in [-0.3, -0.25) is 10.6 Å². The van der Waals surface area contributed by atoms with Crippen LogP contribution >= 0.6 is 0 Å². The van der Waals surface area contributed by atoms with Crippen molar-refractivity contribution in [3.8, 4) is 0 Å². The number of carbonyl (C=O) groups excluding carboxylic acids is 1. The van der Waals surface area contributed by atoms with Crippen LogP contribution < -0.4 is 11.3 Å². The summed E-state index contributed by atoms with van der Waals surface area (Å²) < 4.78 is 0. The van der Waals surface area contributed by atoms with Crippen LogP contribution in [-0.4, -0.2) is 48.9 Å². The number of likely N-dealkylation sites (tertiary alicyclic amines) is 1. The molecule has 5 heteroatoms. The van der Waals surface area contributed by atoms with Gasteiger partial charge in [0.25, 0.3) is 5.91 Å². The molecule has 5 nitrogen and oxygen atoms in total. The molecule has 1 heterocycles. The molecule has 0 bridgehead atoms. The van der Waals surface area contributed by atoms with E-state index in [9.17, 15) is 4.79 Å². The minimum Gasteiger partial charge on any atom is -0.337 e. The SMILES string of the molecule is Cc1cc(C(=O)N(C)C2CCCN(C)C2)ccc1NN. The smallest absolute Gasteiger partial charge is 0.253 e. The molecule has 1 aliphatic heterocycles. The van der Waals surface area contributed by atoms with Crippen molar-refractivity contribution in [2.75, 3.05) is 32.6 Å². The first-order valence-corrected chi connectivity index (χ1v) is 7.06. The zero-order chi connectivity index (χ0) is 14.7. The number of nitrogens with two attached hydrogens (primary N) is 1. The number of benzene rings is 1. The maximum absolute atomic E-state index is 12.6. The molecule has 0 aromatic heterocycles. The number of aryl methyl sites for hydroxylation is 1. The number of nitrogens with zero attached hydrogens (tertiary/aromatic N) is 2. The van der Waals surface area contributed by atoms with Crippen molar-refractivity contribution in [1.82, 2.24) is 9.80 Å². The van der Waals surface area contributed by atoms with Crippen LogP contribution in [0.3, 0.4) is 0 Å². The molecule has 1 aliphatic rings. The standard InChI is InChI=1S/C15H24N4O/c1-11-9-12(6-7-14(11)17-16)15(20)19(3)13-5-4-8-18(2)10-13/h6-7,9,13,17H,4-5,8,10,16H2,1-3H3. The van der Waals surface area contributed by atoms with Crippen molar-refractivity contribution >= 4 is 11.6 Å². The summed E-state index contributed by atoms with van der Waals surface area (Å²) in [5.74, 6) is 5.50. The van der Waals surface area contributed by atoms with Crippen LogP contribution in [0.25, 0.3) is 0 Å². The lowest BCUT2D eigenvalue weighted by Crippen LogP contribution is -2.47. The average Bonchev–Trinajstić information content (AvgIpc) is 2.45. The van der Waals surface area contributed by atoms with Crippen LogP contribution in [0.1, 0.15) is 28.8 Å². The highest BCUT2D eigenvalue weighted by Crippen LogP contribution is 2.19. The summed E-state index contributed by atoms with van der Waals surface area (Å²) in [6.07, 6.45) is 2.22. The van der Waals surface area contributed by atoms with Gasteiger partial charge in [0.15, 0.2) is 0 Å². The van der Waals surface area contributed by atoms with Crippen molar-refractivity contribution in [3.05, 3.63) is 29.3 Å². The minimum absolute atomic E-state index is 0.0805. The Morgan fingerprint density at radius 3 is 2.85 bits per heavy atom. The van der Waals surface area contributed by atoms with Gasteiger partial charge in [0.1, 0.15) is 0 Å². The fraction of sp³-hybridized carbons (Fsp3) is 0.533. The second-order valence-corrected chi connectivity index (χ2v) is 5.65. The molecule has 1 unspecified atom stereocenters. The zero-order valence-electron chi connectivity index (χ0n) is 12.5. The van der Waals surface area contributed by atoms with E-state index in [0.29, 0.717) is 6.04 Å². The Labute approximate surface area is 120 Å². The van der Waals surface area contributed by atoms with E-state index in [2.05, 4.69) is 17.4 Å². The Hall–Kier alpha value is -1.59. The second-order valence-electron chi connectivity index (χ2n) is 5.65. The number of likely N-dealkylation sites (N-methyl/N-ethyl adjacent to an activating group) is 2. The molecule has 3 N–H and O–H groups in total. The predicted octanol–water partition coefficient (Wildman–Crippen LogP) is 1.45. The van der Waals surface area contributed by atoms with Crippen molar-refractivity contribution in [1.29, 1.82) is 0 Å². The van der Waals surface area contributed by atoms with Gasteiger partial charge in [-0.05, 0) is 57.1 Å². The zero-order valence-corrected chi connectivity index (χ0v) is 12.5. The summed E-state index contributed by atoms with van der Waals surface area (Å²) in [7, 11) is 4.01. The summed E-state index contributed by atoms with van der Waals surface area (Å²) >= 11 is 0. The molecular formula is C15H24N4O. The van der Waals surface area contributed by atoms with Gasteiger partial charge in [-0.25, -0.2) is 0 Å². The Morgan fingerprint density at radius 2 is 2.25 bits per heavy atom. The Balaban J connectivity index is 2.11. The summed E-state index contributed by atoms with van der Waals surface area (Å²) in [5.41, 5.74) is 5.18. The predicted molar refractivity (Wildman–Crippen MR) is 81.6 cm³/mol. The van der Waals surface area contributed by atoms with Gasteiger partial charge in [0, 0.05) is 25.2 Å². The highest BCUT2D eigenvalue weighted by Gasteiger charge is 2.25. The Morgan fingerprint density at radius 1 is 1.50 bits per heavy atom. The Kier molecular flexibility index (Phi) is 4.62. The maximum atomic E-state index is 12.6. The monoisotopic (exact) mass is 276 g/mol. The number of piperidine rings is 1. The number of anilines is 1. The molecule has 0 saturated carbocycles. The number of nitrogens with one attached hydrogen (secondary N) is 1. The topological polar surface area (TPSA) is 61.6 Å². The lowest BCUT2D eigenvalue weighted by Gasteiger charge is -2.36. The average molecular weight is 276 g/mol. The first-order chi connectivity index (χ1) is 9.52. The fourth-order valence-corrected chi connectivity index (χ4v) is 2.78. The quantitative estimate of drug-likeness (QED) is 0.648. The van der Waals surface area contributed by atoms with Crippen LogP contribution in [-0.2, 0) is 0 Å². The van der Waals surface area contributed by atoms with Crippen molar-refractivity contribution in [2.45, 2.75) is 25.8 Å². The summed E-state index contributed by atoms with van der Waals surface area (Å²) in [4.78, 5) is 16.7. The lowest BCUT2D eigenvalue weighted by molar-refractivity contribution is 0.0644. The molecule has 0 radical (unpaired) electrons. The van der Waals surface area contributed by atoms with Gasteiger partial charge in [-0.2, -0.15) is 0 Å². The molecule has 0 spiro atoms. The maximum Gasteiger partial charge on any atom is 0.253 e. The van der Waals surface area contributed by atoms with E-state index < -0.39 is 0 Å². The number of carbonyl (C=O) groups is 1. The van der Waals surface area contributed by atoms with Crippen LogP contribution in [0.15, 0.2) is 18.2 Å². The third-order valence-electron chi connectivity index (χ3n) is 4.10. The number of nitrogen functional groups attached to an aromatic ring is 1. The van der Waals surface area contributed by atoms with E-state index in [1.807, 2.05) is 37.1 Å². The molecule has 1 fully saturated rings. The molecule has 1 aromatic rings. The molecule has 1 saturated heterocycles. The highest BCUT2D eigenvalue weighted by molar-refractivity contribution is 5.95. The van der Waals surface area contributed by atoms with Crippen LogP contribution in [0, 0.1) is 6.92 Å². The molecule has 1 aromatic carbocycles. The number of hydrazine groups is 1. The number of hydrogen-bond donors (Lipinski definition) is 2. The Bertz CT molecular complexity index is 489. The summed E-state index contributed by atoms with van der Waals surface area (Å²) in [5, 5.41) is 0. The van der Waals surface area contributed by atoms with Crippen molar-refractivity contribution < 1.29 is 4.79 Å². The van der Waals surface area contributed by atoms with E-state index in [-0.39, 0.29) is 5.91 Å². The number of rotatable bonds is 3. The lowest BCUT2D eigenvalue weighted by atomic mass is 10.0. The molecule has 1 atom stereocenters. The van der Waals surface area contributed by atoms with Gasteiger partial charge in [0.05, 0.1) is 5.69 Å². The van der Waals surface area contributed by atoms with E-state index in [4.69, 9.17) is 5.84 Å². The molecule has 20 heavy (non-hydrogen) atoms. The first kappa shape index (κ1) is 14.8. The largest absolute Gasteiger partial charge is 0.337 e. The molecule has 1 amide bonds. The van der Waals surface area contributed by atoms with Crippen LogP contribution in [0.5, 0.6) is 0 Å². The van der Waals surface area contributed by atoms with E-state index in [1.165, 1.54) is 0 Å². The van der Waals surface area contributed by atoms with E-state index in [0.717, 1.165) is 42.7 Å². The molecule has 2 rings (SSSR count). The first-order valence-electron chi connectivity index (χ1n) is 7.06. The van der Waals surface area contributed by atoms with E-state index in [1.54, 1.807) is 0 Å². The number of amides is 1. The number of hydrogen-bond acceptors (Lipinski definition) is 4. The normalized spacial score (nSPS) is 19.7. The third-order valence-corrected chi connectivity index (χ3v) is 4.10. The van der Waals surface area contributed by atoms with Gasteiger partial charge in [0.2, 0.25) is 0 Å².